The van der Waals surface area contributed by atoms with Gasteiger partial charge in [0.1, 0.15) is 0 Å². The van der Waals surface area contributed by atoms with Crippen LogP contribution in [0.3, 0.4) is 0 Å². The zero-order chi connectivity index (χ0) is 22.6. The van der Waals surface area contributed by atoms with Crippen LogP contribution in [0.4, 0.5) is 0 Å². The van der Waals surface area contributed by atoms with E-state index in [0.29, 0.717) is 0 Å². The first-order valence-corrected chi connectivity index (χ1v) is 12.0. The van der Waals surface area contributed by atoms with E-state index in [0.717, 1.165) is 22.4 Å². The molecule has 0 fully saturated rings. The molecule has 2 nitrogen and oxygen atoms in total. The van der Waals surface area contributed by atoms with Gasteiger partial charge >= 0.3 is 0 Å². The predicted molar refractivity (Wildman–Crippen MR) is 139 cm³/mol. The summed E-state index contributed by atoms with van der Waals surface area (Å²) in [6.07, 6.45) is 0. The smallest absolute Gasteiger partial charge is 0.0929 e. The van der Waals surface area contributed by atoms with Gasteiger partial charge in [-0.2, -0.15) is 0 Å². The number of fused-ring (bicyclic) bond motifs is 3. The Morgan fingerprint density at radius 2 is 0.853 bits per heavy atom. The van der Waals surface area contributed by atoms with E-state index in [1.54, 1.807) is 0 Å². The van der Waals surface area contributed by atoms with Crippen LogP contribution < -0.4 is 0 Å². The summed E-state index contributed by atoms with van der Waals surface area (Å²) in [7, 11) is 0. The zero-order valence-corrected chi connectivity index (χ0v) is 19.1. The van der Waals surface area contributed by atoms with Crippen molar-refractivity contribution >= 4 is 32.6 Å². The molecule has 3 aliphatic rings. The van der Waals surface area contributed by atoms with Gasteiger partial charge in [0.05, 0.1) is 34.3 Å². The third-order valence-corrected chi connectivity index (χ3v) is 8.14. The second-order valence-corrected chi connectivity index (χ2v) is 9.81. The fourth-order valence-electron chi connectivity index (χ4n) is 6.52. The molecule has 3 aliphatic carbocycles. The number of aryl methyl sites for hydroxylation is 2. The highest BCUT2D eigenvalue weighted by atomic mass is 14.9. The Morgan fingerprint density at radius 3 is 1.24 bits per heavy atom. The maximum Gasteiger partial charge on any atom is 0.0929 e. The Morgan fingerprint density at radius 1 is 0.500 bits per heavy atom. The van der Waals surface area contributed by atoms with Crippen LogP contribution in [0.25, 0.3) is 32.6 Å². The maximum absolute atomic E-state index is 5.42. The van der Waals surface area contributed by atoms with Gasteiger partial charge in [-0.15, -0.1) is 0 Å². The highest BCUT2D eigenvalue weighted by molar-refractivity contribution is 6.08. The summed E-state index contributed by atoms with van der Waals surface area (Å²) in [6.45, 7) is 4.42. The summed E-state index contributed by atoms with van der Waals surface area (Å²) in [5, 5.41) is 5.09. The minimum absolute atomic E-state index is 0.149. The Balaban J connectivity index is 1.50. The molecule has 0 unspecified atom stereocenters. The van der Waals surface area contributed by atoms with Gasteiger partial charge in [0.25, 0.3) is 0 Å². The van der Waals surface area contributed by atoms with Crippen LogP contribution in [0.5, 0.6) is 0 Å². The summed E-state index contributed by atoms with van der Waals surface area (Å²) in [5.74, 6) is 0.299. The van der Waals surface area contributed by atoms with Crippen molar-refractivity contribution in [2.75, 3.05) is 0 Å². The fourth-order valence-corrected chi connectivity index (χ4v) is 6.52. The lowest BCUT2D eigenvalue weighted by Crippen LogP contribution is -2.29. The van der Waals surface area contributed by atoms with Crippen molar-refractivity contribution in [1.29, 1.82) is 0 Å². The minimum atomic E-state index is 0.149. The molecule has 0 radical (unpaired) electrons. The third kappa shape index (κ3) is 2.16. The van der Waals surface area contributed by atoms with Crippen molar-refractivity contribution < 1.29 is 0 Å². The number of benzene rings is 5. The third-order valence-electron chi connectivity index (χ3n) is 8.14. The summed E-state index contributed by atoms with van der Waals surface area (Å²) < 4.78 is 0. The number of rotatable bonds is 0. The molecule has 2 heteroatoms. The highest BCUT2D eigenvalue weighted by Crippen LogP contribution is 2.54. The van der Waals surface area contributed by atoms with E-state index in [1.165, 1.54) is 54.9 Å². The lowest BCUT2D eigenvalue weighted by atomic mass is 9.64. The van der Waals surface area contributed by atoms with Gasteiger partial charge in [-0.25, -0.2) is 9.97 Å². The molecule has 9 rings (SSSR count). The fraction of sp³-hybridized carbons (Fsp3) is 0.125. The van der Waals surface area contributed by atoms with Crippen molar-refractivity contribution in [1.82, 2.24) is 9.97 Å². The summed E-state index contributed by atoms with van der Waals surface area (Å²) in [4.78, 5) is 10.8. The largest absolute Gasteiger partial charge is 0.248 e. The SMILES string of the molecule is Cc1c2cc3ccccc3cc2c(C)c2nc3c(nc12)C1c2ccccc2C3c2ccccc21. The molecule has 34 heavy (non-hydrogen) atoms. The van der Waals surface area contributed by atoms with Gasteiger partial charge in [0, 0.05) is 0 Å². The molecular weight excluding hydrogens is 412 g/mol. The quantitative estimate of drug-likeness (QED) is 0.230. The molecule has 160 valence electrons. The molecule has 0 saturated carbocycles. The van der Waals surface area contributed by atoms with E-state index in [9.17, 15) is 0 Å². The van der Waals surface area contributed by atoms with Crippen LogP contribution in [-0.2, 0) is 0 Å². The Labute approximate surface area is 197 Å². The summed E-state index contributed by atoms with van der Waals surface area (Å²) in [6, 6.07) is 31.0. The second kappa shape index (κ2) is 6.30. The Hall–Kier alpha value is -4.04. The predicted octanol–water partition coefficient (Wildman–Crippen LogP) is 7.54. The van der Waals surface area contributed by atoms with E-state index < -0.39 is 0 Å². The molecule has 0 saturated heterocycles. The standard InChI is InChI=1S/C32H22N2/c1-17-25-15-19-9-3-4-10-20(19)16-26(25)18(2)30-29(17)33-31-27-21-11-5-7-13-23(21)28(32(31)34-30)24-14-8-6-12-22(24)27/h3-16,27-28H,1-2H3. The lowest BCUT2D eigenvalue weighted by Gasteiger charge is -2.40. The summed E-state index contributed by atoms with van der Waals surface area (Å²) >= 11 is 0. The van der Waals surface area contributed by atoms with Crippen molar-refractivity contribution in [2.24, 2.45) is 0 Å². The average molecular weight is 435 g/mol. The highest BCUT2D eigenvalue weighted by Gasteiger charge is 2.43. The molecule has 2 bridgehead atoms. The minimum Gasteiger partial charge on any atom is -0.248 e. The van der Waals surface area contributed by atoms with E-state index >= 15 is 0 Å². The molecular formula is C32H22N2. The van der Waals surface area contributed by atoms with E-state index in [1.807, 2.05) is 0 Å². The monoisotopic (exact) mass is 434 g/mol. The van der Waals surface area contributed by atoms with Crippen molar-refractivity contribution in [3.8, 4) is 0 Å². The van der Waals surface area contributed by atoms with Gasteiger partial charge in [0.15, 0.2) is 0 Å². The first kappa shape index (κ1) is 18.4. The number of aromatic nitrogens is 2. The molecule has 0 aliphatic heterocycles. The van der Waals surface area contributed by atoms with E-state index in [-0.39, 0.29) is 11.8 Å². The average Bonchev–Trinajstić information content (AvgIpc) is 2.89. The topological polar surface area (TPSA) is 25.8 Å². The molecule has 1 heterocycles. The van der Waals surface area contributed by atoms with Crippen molar-refractivity contribution in [3.05, 3.63) is 130 Å². The molecule has 5 aromatic carbocycles. The van der Waals surface area contributed by atoms with Crippen LogP contribution >= 0.6 is 0 Å². The molecule has 0 atom stereocenters. The van der Waals surface area contributed by atoms with Crippen molar-refractivity contribution in [2.45, 2.75) is 25.7 Å². The van der Waals surface area contributed by atoms with Gasteiger partial charge in [-0.05, 0) is 80.9 Å². The molecule has 0 amide bonds. The van der Waals surface area contributed by atoms with Crippen LogP contribution in [-0.4, -0.2) is 9.97 Å². The summed E-state index contributed by atoms with van der Waals surface area (Å²) in [5.41, 5.74) is 12.3. The Bertz CT molecular complexity index is 1670. The Kier molecular flexibility index (Phi) is 3.41. The molecule has 6 aromatic rings. The maximum atomic E-state index is 5.42. The van der Waals surface area contributed by atoms with Gasteiger partial charge < -0.3 is 0 Å². The molecule has 0 N–H and O–H groups in total. The lowest BCUT2D eigenvalue weighted by molar-refractivity contribution is 0.709. The van der Waals surface area contributed by atoms with Crippen LogP contribution in [0.2, 0.25) is 0 Å². The first-order chi connectivity index (χ1) is 16.7. The van der Waals surface area contributed by atoms with Crippen LogP contribution in [0.15, 0.2) is 84.9 Å². The second-order valence-electron chi connectivity index (χ2n) is 9.81. The van der Waals surface area contributed by atoms with Crippen molar-refractivity contribution in [3.63, 3.8) is 0 Å². The van der Waals surface area contributed by atoms with Gasteiger partial charge in [-0.1, -0.05) is 72.8 Å². The van der Waals surface area contributed by atoms with E-state index in [4.69, 9.17) is 9.97 Å². The number of hydrogen-bond acceptors (Lipinski definition) is 2. The van der Waals surface area contributed by atoms with Crippen LogP contribution in [0.1, 0.15) is 56.6 Å². The zero-order valence-electron chi connectivity index (χ0n) is 19.1. The molecule has 0 spiro atoms. The number of hydrogen-bond donors (Lipinski definition) is 0. The normalized spacial score (nSPS) is 17.7. The first-order valence-electron chi connectivity index (χ1n) is 12.0. The number of nitrogens with zero attached hydrogens (tertiary/aromatic N) is 2. The van der Waals surface area contributed by atoms with Gasteiger partial charge in [-0.3, -0.25) is 0 Å². The molecule has 1 aromatic heterocycles. The van der Waals surface area contributed by atoms with Crippen LogP contribution in [0, 0.1) is 13.8 Å². The van der Waals surface area contributed by atoms with Gasteiger partial charge in [0.2, 0.25) is 0 Å². The van der Waals surface area contributed by atoms with E-state index in [2.05, 4.69) is 98.8 Å².